The molecule has 0 aliphatic rings. The highest BCUT2D eigenvalue weighted by molar-refractivity contribution is 5.83. The molecular formula is C11H12O3. The summed E-state index contributed by atoms with van der Waals surface area (Å²) in [6.07, 6.45) is 2.95. The number of para-hydroxylation sites is 1. The minimum absolute atomic E-state index is 0.395. The summed E-state index contributed by atoms with van der Waals surface area (Å²) in [6.45, 7) is 0.407. The summed E-state index contributed by atoms with van der Waals surface area (Å²) in [4.78, 5) is 11.1. The predicted octanol–water partition coefficient (Wildman–Crippen LogP) is 1.79. The number of carbonyl (C=O) groups is 1. The number of ether oxygens (including phenoxy) is 2. The van der Waals surface area contributed by atoms with Crippen molar-refractivity contribution in [3.05, 3.63) is 42.5 Å². The van der Waals surface area contributed by atoms with Crippen LogP contribution in [-0.2, 0) is 9.53 Å². The van der Waals surface area contributed by atoms with Gasteiger partial charge in [0.05, 0.1) is 6.61 Å². The van der Waals surface area contributed by atoms with Crippen LogP contribution in [0.3, 0.4) is 0 Å². The van der Waals surface area contributed by atoms with Crippen LogP contribution >= 0.6 is 0 Å². The Morgan fingerprint density at radius 3 is 2.71 bits per heavy atom. The maximum Gasteiger partial charge on any atom is 0.335 e. The average Bonchev–Trinajstić information content (AvgIpc) is 2.20. The van der Waals surface area contributed by atoms with Gasteiger partial charge < -0.3 is 9.47 Å². The van der Waals surface area contributed by atoms with Crippen molar-refractivity contribution >= 4 is 5.97 Å². The first kappa shape index (κ1) is 10.5. The van der Waals surface area contributed by atoms with Crippen LogP contribution in [0.25, 0.3) is 0 Å². The van der Waals surface area contributed by atoms with Gasteiger partial charge in [-0.05, 0) is 12.1 Å². The third kappa shape index (κ3) is 3.87. The Bertz CT molecular complexity index is 304. The predicted molar refractivity (Wildman–Crippen MR) is 53.1 cm³/mol. The van der Waals surface area contributed by atoms with Gasteiger partial charge in [-0.3, -0.25) is 0 Å². The van der Waals surface area contributed by atoms with Crippen molar-refractivity contribution in [2.75, 3.05) is 13.7 Å². The van der Waals surface area contributed by atoms with Gasteiger partial charge in [-0.1, -0.05) is 24.3 Å². The fourth-order valence-corrected chi connectivity index (χ4v) is 0.879. The fourth-order valence-electron chi connectivity index (χ4n) is 0.879. The maximum atomic E-state index is 11.1. The van der Waals surface area contributed by atoms with E-state index in [0.717, 1.165) is 0 Å². The summed E-state index contributed by atoms with van der Waals surface area (Å²) in [7, 11) is 1.56. The molecule has 0 bridgehead atoms. The van der Waals surface area contributed by atoms with E-state index in [9.17, 15) is 4.79 Å². The minimum atomic E-state index is -0.395. The normalized spacial score (nSPS) is 10.4. The van der Waals surface area contributed by atoms with E-state index in [1.54, 1.807) is 25.3 Å². The number of hydrogen-bond donors (Lipinski definition) is 0. The van der Waals surface area contributed by atoms with Crippen molar-refractivity contribution in [2.24, 2.45) is 0 Å². The number of hydrogen-bond acceptors (Lipinski definition) is 3. The van der Waals surface area contributed by atoms with E-state index < -0.39 is 5.97 Å². The minimum Gasteiger partial charge on any atom is -0.423 e. The van der Waals surface area contributed by atoms with Crippen molar-refractivity contribution in [1.29, 1.82) is 0 Å². The van der Waals surface area contributed by atoms with Crippen molar-refractivity contribution in [2.45, 2.75) is 0 Å². The van der Waals surface area contributed by atoms with E-state index in [0.29, 0.717) is 12.4 Å². The van der Waals surface area contributed by atoms with Crippen LogP contribution in [0.5, 0.6) is 5.75 Å². The molecule has 0 heterocycles. The molecule has 0 unspecified atom stereocenters. The van der Waals surface area contributed by atoms with Crippen LogP contribution in [0.2, 0.25) is 0 Å². The molecule has 1 aromatic rings. The molecular weight excluding hydrogens is 180 g/mol. The van der Waals surface area contributed by atoms with Gasteiger partial charge in [-0.2, -0.15) is 0 Å². The molecule has 1 aromatic carbocycles. The average molecular weight is 192 g/mol. The molecule has 0 saturated carbocycles. The third-order valence-electron chi connectivity index (χ3n) is 1.48. The highest BCUT2D eigenvalue weighted by atomic mass is 16.5. The van der Waals surface area contributed by atoms with Crippen molar-refractivity contribution in [1.82, 2.24) is 0 Å². The first-order valence-corrected chi connectivity index (χ1v) is 4.25. The van der Waals surface area contributed by atoms with Gasteiger partial charge in [0.15, 0.2) is 0 Å². The van der Waals surface area contributed by atoms with Gasteiger partial charge >= 0.3 is 5.97 Å². The lowest BCUT2D eigenvalue weighted by atomic mass is 10.3. The smallest absolute Gasteiger partial charge is 0.335 e. The molecule has 0 aromatic heterocycles. The zero-order valence-electron chi connectivity index (χ0n) is 7.97. The molecule has 0 atom stereocenters. The quantitative estimate of drug-likeness (QED) is 0.414. The van der Waals surface area contributed by atoms with E-state index in [4.69, 9.17) is 9.47 Å². The Hall–Kier alpha value is -1.61. The molecule has 14 heavy (non-hydrogen) atoms. The van der Waals surface area contributed by atoms with E-state index >= 15 is 0 Å². The molecule has 0 radical (unpaired) electrons. The van der Waals surface area contributed by atoms with Crippen LogP contribution in [0.4, 0.5) is 0 Å². The molecule has 0 N–H and O–H groups in total. The summed E-state index contributed by atoms with van der Waals surface area (Å²) >= 11 is 0. The van der Waals surface area contributed by atoms with Gasteiger partial charge in [-0.15, -0.1) is 0 Å². The van der Waals surface area contributed by atoms with E-state index in [-0.39, 0.29) is 0 Å². The van der Waals surface area contributed by atoms with E-state index in [2.05, 4.69) is 0 Å². The molecule has 0 spiro atoms. The Labute approximate surface area is 83.0 Å². The highest BCUT2D eigenvalue weighted by Crippen LogP contribution is 2.08. The number of rotatable bonds is 4. The van der Waals surface area contributed by atoms with Crippen molar-refractivity contribution in [3.8, 4) is 5.75 Å². The zero-order valence-corrected chi connectivity index (χ0v) is 7.97. The molecule has 3 heteroatoms. The number of esters is 1. The lowest BCUT2D eigenvalue weighted by molar-refractivity contribution is -0.129. The third-order valence-corrected chi connectivity index (χ3v) is 1.48. The standard InChI is InChI=1S/C11H12O3/c1-13-9-5-8-11(12)14-10-6-3-2-4-7-10/h2-8H,9H2,1H3/b8-5+. The highest BCUT2D eigenvalue weighted by Gasteiger charge is 1.97. The van der Waals surface area contributed by atoms with E-state index in [1.807, 2.05) is 18.2 Å². The van der Waals surface area contributed by atoms with Crippen molar-refractivity contribution in [3.63, 3.8) is 0 Å². The molecule has 0 saturated heterocycles. The molecule has 74 valence electrons. The molecule has 1 rings (SSSR count). The lowest BCUT2D eigenvalue weighted by Crippen LogP contribution is -2.03. The monoisotopic (exact) mass is 192 g/mol. The second kappa shape index (κ2) is 5.94. The van der Waals surface area contributed by atoms with Crippen LogP contribution < -0.4 is 4.74 Å². The first-order chi connectivity index (χ1) is 6.83. The SMILES string of the molecule is COC/C=C/C(=O)Oc1ccccc1. The fraction of sp³-hybridized carbons (Fsp3) is 0.182. The van der Waals surface area contributed by atoms with Crippen molar-refractivity contribution < 1.29 is 14.3 Å². The Kier molecular flexibility index (Phi) is 4.44. The Morgan fingerprint density at radius 1 is 1.36 bits per heavy atom. The maximum absolute atomic E-state index is 11.1. The number of benzene rings is 1. The van der Waals surface area contributed by atoms with Crippen LogP contribution in [0.15, 0.2) is 42.5 Å². The molecule has 0 amide bonds. The lowest BCUT2D eigenvalue weighted by Gasteiger charge is -1.99. The first-order valence-electron chi connectivity index (χ1n) is 4.25. The molecule has 0 aliphatic heterocycles. The van der Waals surface area contributed by atoms with Crippen LogP contribution in [0.1, 0.15) is 0 Å². The van der Waals surface area contributed by atoms with Gasteiger partial charge in [0.25, 0.3) is 0 Å². The zero-order chi connectivity index (χ0) is 10.2. The summed E-state index contributed by atoms with van der Waals surface area (Å²) < 4.78 is 9.73. The van der Waals surface area contributed by atoms with Gasteiger partial charge in [0.1, 0.15) is 5.75 Å². The second-order valence-corrected chi connectivity index (χ2v) is 2.59. The van der Waals surface area contributed by atoms with Gasteiger partial charge in [0.2, 0.25) is 0 Å². The Balaban J connectivity index is 2.42. The molecule has 3 nitrogen and oxygen atoms in total. The van der Waals surface area contributed by atoms with Gasteiger partial charge in [-0.25, -0.2) is 4.79 Å². The summed E-state index contributed by atoms with van der Waals surface area (Å²) in [5, 5.41) is 0. The number of methoxy groups -OCH3 is 1. The van der Waals surface area contributed by atoms with Gasteiger partial charge in [0, 0.05) is 13.2 Å². The summed E-state index contributed by atoms with van der Waals surface area (Å²) in [6, 6.07) is 8.92. The van der Waals surface area contributed by atoms with E-state index in [1.165, 1.54) is 6.08 Å². The summed E-state index contributed by atoms with van der Waals surface area (Å²) in [5.41, 5.74) is 0. The number of carbonyl (C=O) groups excluding carboxylic acids is 1. The second-order valence-electron chi connectivity index (χ2n) is 2.59. The van der Waals surface area contributed by atoms with Crippen LogP contribution in [0, 0.1) is 0 Å². The largest absolute Gasteiger partial charge is 0.423 e. The summed E-state index contributed by atoms with van der Waals surface area (Å²) in [5.74, 6) is 0.146. The molecule has 0 fully saturated rings. The molecule has 0 aliphatic carbocycles. The van der Waals surface area contributed by atoms with Crippen LogP contribution in [-0.4, -0.2) is 19.7 Å². The Morgan fingerprint density at radius 2 is 2.07 bits per heavy atom. The topological polar surface area (TPSA) is 35.5 Å².